The maximum absolute atomic E-state index is 11.9. The Balaban J connectivity index is 1.11. The molecule has 476 valence electrons. The predicted molar refractivity (Wildman–Crippen MR) is 392 cm³/mol. The second kappa shape index (κ2) is 30.0. The van der Waals surface area contributed by atoms with Gasteiger partial charge in [0.15, 0.2) is 0 Å². The molecule has 0 atom stereocenters. The smallest absolute Gasteiger partial charge is 0.303 e. The molecule has 0 spiro atoms. The van der Waals surface area contributed by atoms with Gasteiger partial charge in [0.2, 0.25) is 0 Å². The number of ether oxygens (including phenoxy) is 2. The number of hydrogen-bond donors (Lipinski definition) is 6. The van der Waals surface area contributed by atoms with Gasteiger partial charge in [-0.1, -0.05) is 192 Å². The standard InChI is InChI=1S/C76H60N8O6S6/c85-63(86)33-19-43-89-55-37-38-56(90-44-20-34-64(87)88)66-65(55)71-78-61-45-53(91-47-21-7-1-8-22-47)35-36-54(92-48-23-9-2-10-24-48)46-62(77-61)79-73-67-57(93-49-25-11-3-12-26-49)39-40-58(94-50-27-13-4-14-28-50)68(67)75(82-73)84-76-70-60(96-52-31-17-6-18-32-52)42-41-59(95-51-29-15-5-16-30-51)69(70)74(83-76)81-72(66)80-71/h1-18,21-32,35-42,82-84H,19-20,33-34,43-46H2,(H,85,86)(H,87,88)(H,77,78,79,80,81)/b53-35+,54-36+. The highest BCUT2D eigenvalue weighted by Gasteiger charge is 2.27. The van der Waals surface area contributed by atoms with Crippen LogP contribution in [0.5, 0.6) is 11.5 Å². The molecule has 0 amide bonds. The van der Waals surface area contributed by atoms with E-state index in [1.807, 2.05) is 84.9 Å². The first-order valence-corrected chi connectivity index (χ1v) is 36.0. The molecule has 0 saturated heterocycles. The van der Waals surface area contributed by atoms with Crippen molar-refractivity contribution >= 4 is 150 Å². The van der Waals surface area contributed by atoms with Crippen LogP contribution in [-0.4, -0.2) is 62.0 Å². The molecule has 5 heterocycles. The maximum atomic E-state index is 11.9. The molecular formula is C76H60N8O6S6. The SMILES string of the molecule is O=C(O)CCCOc1ccc(OCCCC(=O)O)c2c3[nH]c(c12)=NC1=NC(=Nc2[nH]c(c4c(Sc5ccccc5)ccc(Sc5ccccc5)c24)Nc2[nH]c(c4c(Sc5ccccc5)ccc(Sc5ccccc5)c24)N=3)C/C(Sc2ccccc2)=C\C=C(\Sc2ccccc2)C1. The topological polar surface area (TPSA) is 202 Å². The normalized spacial score (nSPS) is 14.1. The van der Waals surface area contributed by atoms with E-state index < -0.39 is 11.9 Å². The Kier molecular flexibility index (Phi) is 20.0. The number of aliphatic imine (C=N–C) groups is 2. The zero-order valence-corrected chi connectivity index (χ0v) is 56.3. The summed E-state index contributed by atoms with van der Waals surface area (Å²) in [6.07, 6.45) is 5.13. The van der Waals surface area contributed by atoms with E-state index in [4.69, 9.17) is 29.4 Å². The van der Waals surface area contributed by atoms with Crippen LogP contribution in [0.15, 0.2) is 309 Å². The Morgan fingerprint density at radius 2 is 0.698 bits per heavy atom. The predicted octanol–water partition coefficient (Wildman–Crippen LogP) is 20.1. The fourth-order valence-corrected chi connectivity index (χ4v) is 16.9. The van der Waals surface area contributed by atoms with Crippen LogP contribution < -0.4 is 25.8 Å². The van der Waals surface area contributed by atoms with Gasteiger partial charge in [-0.25, -0.2) is 20.0 Å². The van der Waals surface area contributed by atoms with Crippen molar-refractivity contribution in [2.75, 3.05) is 18.5 Å². The summed E-state index contributed by atoms with van der Waals surface area (Å²) in [5.41, 5.74) is 0.706. The minimum atomic E-state index is -0.938. The molecule has 6 N–H and O–H groups in total. The largest absolute Gasteiger partial charge is 0.493 e. The van der Waals surface area contributed by atoms with E-state index in [9.17, 15) is 19.8 Å². The van der Waals surface area contributed by atoms with Crippen LogP contribution >= 0.6 is 70.6 Å². The van der Waals surface area contributed by atoms with Gasteiger partial charge in [-0.3, -0.25) is 9.59 Å². The molecule has 0 radical (unpaired) electrons. The summed E-state index contributed by atoms with van der Waals surface area (Å²) >= 11 is 9.90. The van der Waals surface area contributed by atoms with Gasteiger partial charge in [-0.05, 0) is 132 Å². The first-order valence-electron chi connectivity index (χ1n) is 31.1. The fourth-order valence-electron chi connectivity index (χ4n) is 11.1. The van der Waals surface area contributed by atoms with Crippen LogP contribution in [0.1, 0.15) is 38.5 Å². The molecule has 12 aromatic rings. The molecule has 2 aliphatic rings. The average molecular weight is 1370 g/mol. The van der Waals surface area contributed by atoms with Gasteiger partial charge in [0, 0.05) is 96.2 Å². The van der Waals surface area contributed by atoms with Gasteiger partial charge < -0.3 is 40.0 Å². The summed E-state index contributed by atoms with van der Waals surface area (Å²) < 4.78 is 13.3. The minimum Gasteiger partial charge on any atom is -0.493 e. The highest BCUT2D eigenvalue weighted by Crippen LogP contribution is 2.52. The van der Waals surface area contributed by atoms with Crippen molar-refractivity contribution in [2.45, 2.75) is 87.5 Å². The van der Waals surface area contributed by atoms with Gasteiger partial charge >= 0.3 is 11.9 Å². The van der Waals surface area contributed by atoms with Gasteiger partial charge in [0.1, 0.15) is 57.4 Å². The zero-order chi connectivity index (χ0) is 65.2. The van der Waals surface area contributed by atoms with Gasteiger partial charge in [-0.15, -0.1) is 0 Å². The molecular weight excluding hydrogens is 1310 g/mol. The Labute approximate surface area is 578 Å². The summed E-state index contributed by atoms with van der Waals surface area (Å²) in [6, 6.07) is 74.2. The number of amidine groups is 2. The number of benzene rings is 9. The number of carboxylic acids is 2. The van der Waals surface area contributed by atoms with Crippen LogP contribution in [0, 0.1) is 0 Å². The van der Waals surface area contributed by atoms with Crippen molar-refractivity contribution < 1.29 is 29.3 Å². The van der Waals surface area contributed by atoms with Gasteiger partial charge in [-0.2, -0.15) is 0 Å². The van der Waals surface area contributed by atoms with E-state index in [0.29, 0.717) is 74.6 Å². The van der Waals surface area contributed by atoms with E-state index in [2.05, 4.69) is 154 Å². The molecule has 0 saturated carbocycles. The molecule has 0 unspecified atom stereocenters. The summed E-state index contributed by atoms with van der Waals surface area (Å²) in [4.78, 5) is 70.2. The Bertz CT molecular complexity index is 5110. The van der Waals surface area contributed by atoms with Crippen molar-refractivity contribution in [3.63, 3.8) is 0 Å². The Morgan fingerprint density at radius 1 is 0.365 bits per heavy atom. The first kappa shape index (κ1) is 63.8. The second-order valence-electron chi connectivity index (χ2n) is 22.2. The number of carbonyl (C=O) groups is 2. The number of hydrogen-bond acceptors (Lipinski definition) is 15. The molecule has 20 heteroatoms. The molecule has 3 aromatic heterocycles. The van der Waals surface area contributed by atoms with Crippen LogP contribution in [-0.2, 0) is 9.59 Å². The third-order valence-corrected chi connectivity index (χ3v) is 21.7. The summed E-state index contributed by atoms with van der Waals surface area (Å²) in [5.74, 6) is 2.24. The number of thioether (sulfide) groups is 2. The molecule has 0 aliphatic carbocycles. The first-order chi connectivity index (χ1) is 47.2. The van der Waals surface area contributed by atoms with Crippen LogP contribution in [0.2, 0.25) is 0 Å². The molecule has 14 nitrogen and oxygen atoms in total. The number of rotatable bonds is 22. The third-order valence-electron chi connectivity index (χ3n) is 15.3. The average Bonchev–Trinajstić information content (AvgIpc) is 1.58. The Morgan fingerprint density at radius 3 is 1.07 bits per heavy atom. The van der Waals surface area contributed by atoms with Crippen molar-refractivity contribution in [1.29, 1.82) is 0 Å². The number of allylic oxidation sites excluding steroid dienone is 2. The van der Waals surface area contributed by atoms with Crippen LogP contribution in [0.4, 0.5) is 23.3 Å². The third kappa shape index (κ3) is 15.2. The number of H-pyrrole nitrogens is 3. The van der Waals surface area contributed by atoms with Crippen molar-refractivity contribution in [1.82, 2.24) is 15.0 Å². The van der Waals surface area contributed by atoms with E-state index >= 15 is 0 Å². The summed E-state index contributed by atoms with van der Waals surface area (Å²) in [6.45, 7) is 0.147. The second-order valence-corrected chi connectivity index (χ2v) is 29.0. The Hall–Kier alpha value is -9.54. The van der Waals surface area contributed by atoms with E-state index in [1.54, 1.807) is 82.7 Å². The zero-order valence-electron chi connectivity index (χ0n) is 51.4. The number of aromatic nitrogens is 3. The van der Waals surface area contributed by atoms with E-state index in [1.165, 1.54) is 0 Å². The number of anilines is 2. The number of carboxylic acid groups (broad SMARTS) is 2. The highest BCUT2D eigenvalue weighted by molar-refractivity contribution is 8.03. The highest BCUT2D eigenvalue weighted by atomic mass is 32.2. The van der Waals surface area contributed by atoms with Crippen molar-refractivity contribution in [2.24, 2.45) is 20.0 Å². The lowest BCUT2D eigenvalue weighted by Gasteiger charge is -2.12. The number of fused-ring (bicyclic) bond motifs is 16. The lowest BCUT2D eigenvalue weighted by molar-refractivity contribution is -0.138. The van der Waals surface area contributed by atoms with Crippen LogP contribution in [0.25, 0.3) is 32.3 Å². The number of aliphatic carboxylic acids is 2. The number of aromatic amines is 3. The molecule has 14 rings (SSSR count). The van der Waals surface area contributed by atoms with Crippen LogP contribution in [0.3, 0.4) is 0 Å². The number of nitrogens with zero attached hydrogens (tertiary/aromatic N) is 4. The van der Waals surface area contributed by atoms with Gasteiger partial charge in [0.05, 0.1) is 24.0 Å². The molecule has 0 fully saturated rings. The van der Waals surface area contributed by atoms with Gasteiger partial charge in [0.25, 0.3) is 0 Å². The lowest BCUT2D eigenvalue weighted by atomic mass is 10.1. The van der Waals surface area contributed by atoms with E-state index in [-0.39, 0.29) is 45.3 Å². The summed E-state index contributed by atoms with van der Waals surface area (Å²) in [5, 5.41) is 28.1. The van der Waals surface area contributed by atoms with E-state index in [0.717, 1.165) is 80.3 Å². The summed E-state index contributed by atoms with van der Waals surface area (Å²) in [7, 11) is 0. The molecule has 2 aliphatic heterocycles. The van der Waals surface area contributed by atoms with Crippen molar-refractivity contribution in [3.05, 3.63) is 251 Å². The molecule has 96 heavy (non-hydrogen) atoms. The fraction of sp³-hybridized carbons (Fsp3) is 0.105. The minimum absolute atomic E-state index is 0.0729. The molecule has 8 bridgehead atoms. The molecule has 9 aromatic carbocycles. The maximum Gasteiger partial charge on any atom is 0.303 e. The monoisotopic (exact) mass is 1370 g/mol. The lowest BCUT2D eigenvalue weighted by Crippen LogP contribution is -2.15. The quantitative estimate of drug-likeness (QED) is 0.0350. The number of nitrogens with one attached hydrogen (secondary N) is 4. The van der Waals surface area contributed by atoms with Crippen molar-refractivity contribution in [3.8, 4) is 11.5 Å².